The fourth-order valence-corrected chi connectivity index (χ4v) is 2.50. The van der Waals surface area contributed by atoms with E-state index in [-0.39, 0.29) is 5.75 Å². The van der Waals surface area contributed by atoms with Crippen molar-refractivity contribution in [2.24, 2.45) is 0 Å². The van der Waals surface area contributed by atoms with Gasteiger partial charge in [-0.1, -0.05) is 0 Å². The molecule has 26 heavy (non-hydrogen) atoms. The van der Waals surface area contributed by atoms with Gasteiger partial charge in [-0.05, 0) is 37.1 Å². The molecule has 3 rings (SSSR count). The third-order valence-electron chi connectivity index (χ3n) is 3.63. The Kier molecular flexibility index (Phi) is 5.10. The molecule has 2 heterocycles. The Morgan fingerprint density at radius 3 is 2.15 bits per heavy atom. The van der Waals surface area contributed by atoms with Gasteiger partial charge < -0.3 is 20.3 Å². The molecule has 1 fully saturated rings. The maximum atomic E-state index is 12.1. The Hall–Kier alpha value is -3.04. The summed E-state index contributed by atoms with van der Waals surface area (Å²) in [6, 6.07) is 4.25. The molecule has 2 N–H and O–H groups in total. The molecule has 7 nitrogen and oxygen atoms in total. The predicted octanol–water partition coefficient (Wildman–Crippen LogP) is 3.62. The van der Waals surface area contributed by atoms with Gasteiger partial charge in [-0.2, -0.15) is 0 Å². The normalized spacial score (nSPS) is 14.2. The van der Waals surface area contributed by atoms with E-state index in [1.807, 2.05) is 0 Å². The van der Waals surface area contributed by atoms with Crippen molar-refractivity contribution < 1.29 is 22.7 Å². The zero-order valence-electron chi connectivity index (χ0n) is 13.6. The van der Waals surface area contributed by atoms with Crippen LogP contribution in [0.3, 0.4) is 0 Å². The highest BCUT2D eigenvalue weighted by Crippen LogP contribution is 2.24. The SMILES string of the molecule is O=C(Nc1ccc(OC(F)(F)F)cc1)Nc1cnc(N2CCCC2)nc1. The van der Waals surface area contributed by atoms with Gasteiger partial charge in [0.2, 0.25) is 5.95 Å². The quantitative estimate of drug-likeness (QED) is 0.863. The first-order chi connectivity index (χ1) is 12.4. The number of anilines is 3. The topological polar surface area (TPSA) is 79.4 Å². The zero-order chi connectivity index (χ0) is 18.6. The largest absolute Gasteiger partial charge is 0.573 e. The lowest BCUT2D eigenvalue weighted by Crippen LogP contribution is -2.22. The molecule has 0 atom stereocenters. The first-order valence-electron chi connectivity index (χ1n) is 7.90. The Bertz CT molecular complexity index is 744. The molecule has 10 heteroatoms. The lowest BCUT2D eigenvalue weighted by Gasteiger charge is -2.15. The van der Waals surface area contributed by atoms with Crippen molar-refractivity contribution in [3.05, 3.63) is 36.7 Å². The number of nitrogens with zero attached hydrogens (tertiary/aromatic N) is 3. The van der Waals surface area contributed by atoms with Crippen molar-refractivity contribution in [2.75, 3.05) is 28.6 Å². The van der Waals surface area contributed by atoms with Crippen molar-refractivity contribution in [1.29, 1.82) is 0 Å². The maximum absolute atomic E-state index is 12.1. The van der Waals surface area contributed by atoms with Crippen LogP contribution in [0.25, 0.3) is 0 Å². The van der Waals surface area contributed by atoms with Crippen LogP contribution in [0.15, 0.2) is 36.7 Å². The molecule has 1 aromatic heterocycles. The van der Waals surface area contributed by atoms with E-state index in [2.05, 4.69) is 30.2 Å². The lowest BCUT2D eigenvalue weighted by atomic mass is 10.3. The number of benzene rings is 1. The molecule has 0 aliphatic carbocycles. The fraction of sp³-hybridized carbons (Fsp3) is 0.312. The number of ether oxygens (including phenoxy) is 1. The molecule has 138 valence electrons. The molecule has 0 bridgehead atoms. The number of amides is 2. The summed E-state index contributed by atoms with van der Waals surface area (Å²) in [4.78, 5) is 22.4. The molecule has 0 radical (unpaired) electrons. The standard InChI is InChI=1S/C16H16F3N5O2/c17-16(18,19)26-13-5-3-11(4-6-13)22-15(25)23-12-9-20-14(21-10-12)24-7-1-2-8-24/h3-6,9-10H,1-2,7-8H2,(H2,22,23,25). The molecule has 1 aliphatic rings. The Morgan fingerprint density at radius 1 is 1.00 bits per heavy atom. The number of nitrogens with one attached hydrogen (secondary N) is 2. The van der Waals surface area contributed by atoms with Gasteiger partial charge >= 0.3 is 12.4 Å². The number of alkyl halides is 3. The van der Waals surface area contributed by atoms with Gasteiger partial charge in [0.15, 0.2) is 0 Å². The Morgan fingerprint density at radius 2 is 1.58 bits per heavy atom. The van der Waals surface area contributed by atoms with E-state index in [9.17, 15) is 18.0 Å². The summed E-state index contributed by atoms with van der Waals surface area (Å²) in [6.45, 7) is 1.84. The van der Waals surface area contributed by atoms with Crippen LogP contribution in [0.5, 0.6) is 5.75 Å². The minimum Gasteiger partial charge on any atom is -0.406 e. The summed E-state index contributed by atoms with van der Waals surface area (Å²) in [5, 5.41) is 5.05. The van der Waals surface area contributed by atoms with Gasteiger partial charge in [0.1, 0.15) is 5.75 Å². The first-order valence-corrected chi connectivity index (χ1v) is 7.90. The first kappa shape index (κ1) is 17.8. The highest BCUT2D eigenvalue weighted by Gasteiger charge is 2.30. The van der Waals surface area contributed by atoms with Crippen LogP contribution in [0.4, 0.5) is 35.3 Å². The monoisotopic (exact) mass is 367 g/mol. The van der Waals surface area contributed by atoms with E-state index in [4.69, 9.17) is 0 Å². The number of hydrogen-bond donors (Lipinski definition) is 2. The number of carbonyl (C=O) groups excluding carboxylic acids is 1. The second kappa shape index (κ2) is 7.46. The van der Waals surface area contributed by atoms with Crippen molar-refractivity contribution in [3.63, 3.8) is 0 Å². The minimum atomic E-state index is -4.76. The van der Waals surface area contributed by atoms with E-state index < -0.39 is 12.4 Å². The molecule has 1 saturated heterocycles. The summed E-state index contributed by atoms with van der Waals surface area (Å²) in [6.07, 6.45) is 0.464. The highest BCUT2D eigenvalue weighted by atomic mass is 19.4. The fourth-order valence-electron chi connectivity index (χ4n) is 2.50. The van der Waals surface area contributed by atoms with Crippen molar-refractivity contribution in [3.8, 4) is 5.75 Å². The Labute approximate surface area is 147 Å². The molecule has 2 amide bonds. The number of halogens is 3. The number of carbonyl (C=O) groups is 1. The van der Waals surface area contributed by atoms with Gasteiger partial charge in [-0.15, -0.1) is 13.2 Å². The van der Waals surface area contributed by atoms with Crippen LogP contribution >= 0.6 is 0 Å². The summed E-state index contributed by atoms with van der Waals surface area (Å²) >= 11 is 0. The molecular formula is C16H16F3N5O2. The van der Waals surface area contributed by atoms with Crippen molar-refractivity contribution in [1.82, 2.24) is 9.97 Å². The predicted molar refractivity (Wildman–Crippen MR) is 89.2 cm³/mol. The minimum absolute atomic E-state index is 0.312. The number of aromatic nitrogens is 2. The van der Waals surface area contributed by atoms with Gasteiger partial charge in [0.05, 0.1) is 18.1 Å². The van der Waals surface area contributed by atoms with Crippen LogP contribution in [-0.4, -0.2) is 35.5 Å². The molecule has 0 unspecified atom stereocenters. The average molecular weight is 367 g/mol. The molecule has 1 aliphatic heterocycles. The zero-order valence-corrected chi connectivity index (χ0v) is 13.6. The lowest BCUT2D eigenvalue weighted by molar-refractivity contribution is -0.274. The molecule has 0 spiro atoms. The average Bonchev–Trinajstić information content (AvgIpc) is 3.10. The summed E-state index contributed by atoms with van der Waals surface area (Å²) in [5.74, 6) is 0.253. The number of rotatable bonds is 4. The van der Waals surface area contributed by atoms with Crippen LogP contribution in [0, 0.1) is 0 Å². The molecule has 0 saturated carbocycles. The maximum Gasteiger partial charge on any atom is 0.573 e. The highest BCUT2D eigenvalue weighted by molar-refractivity contribution is 5.99. The van der Waals surface area contributed by atoms with Gasteiger partial charge in [-0.25, -0.2) is 14.8 Å². The molecular weight excluding hydrogens is 351 g/mol. The van der Waals surface area contributed by atoms with Crippen molar-refractivity contribution >= 4 is 23.4 Å². The second-order valence-corrected chi connectivity index (χ2v) is 5.62. The van der Waals surface area contributed by atoms with Gasteiger partial charge in [0, 0.05) is 18.8 Å². The van der Waals surface area contributed by atoms with E-state index in [1.54, 1.807) is 0 Å². The van der Waals surface area contributed by atoms with Gasteiger partial charge in [-0.3, -0.25) is 0 Å². The van der Waals surface area contributed by atoms with E-state index in [0.29, 0.717) is 17.3 Å². The second-order valence-electron chi connectivity index (χ2n) is 5.62. The number of urea groups is 1. The smallest absolute Gasteiger partial charge is 0.406 e. The molecule has 2 aromatic rings. The summed E-state index contributed by atoms with van der Waals surface area (Å²) in [7, 11) is 0. The van der Waals surface area contributed by atoms with Crippen LogP contribution in [0.2, 0.25) is 0 Å². The summed E-state index contributed by atoms with van der Waals surface area (Å²) in [5.41, 5.74) is 0.717. The third kappa shape index (κ3) is 4.98. The van der Waals surface area contributed by atoms with E-state index >= 15 is 0 Å². The molecule has 1 aromatic carbocycles. The number of hydrogen-bond acceptors (Lipinski definition) is 5. The van der Waals surface area contributed by atoms with Crippen molar-refractivity contribution in [2.45, 2.75) is 19.2 Å². The Balaban J connectivity index is 1.53. The van der Waals surface area contributed by atoms with E-state index in [0.717, 1.165) is 38.1 Å². The van der Waals surface area contributed by atoms with E-state index in [1.165, 1.54) is 24.5 Å². The van der Waals surface area contributed by atoms with Crippen LogP contribution in [-0.2, 0) is 0 Å². The third-order valence-corrected chi connectivity index (χ3v) is 3.63. The van der Waals surface area contributed by atoms with Crippen LogP contribution < -0.4 is 20.3 Å². The summed E-state index contributed by atoms with van der Waals surface area (Å²) < 4.78 is 40.1. The van der Waals surface area contributed by atoms with Gasteiger partial charge in [0.25, 0.3) is 0 Å². The van der Waals surface area contributed by atoms with Crippen LogP contribution in [0.1, 0.15) is 12.8 Å².